The zero-order chi connectivity index (χ0) is 11.9. The third-order valence-corrected chi connectivity index (χ3v) is 4.51. The Labute approximate surface area is 112 Å². The van der Waals surface area contributed by atoms with Gasteiger partial charge in [0, 0.05) is 4.90 Å². The Bertz CT molecular complexity index is 465. The van der Waals surface area contributed by atoms with E-state index in [0.717, 1.165) is 0 Å². The number of benzene rings is 2. The second-order valence-electron chi connectivity index (χ2n) is 4.06. The van der Waals surface area contributed by atoms with E-state index in [0.29, 0.717) is 0 Å². The smallest absolute Gasteiger partial charge is 0.00783 e. The van der Waals surface area contributed by atoms with Gasteiger partial charge in [0.05, 0.1) is 0 Å². The Morgan fingerprint density at radius 2 is 1.65 bits per heavy atom. The minimum Gasteiger partial charge on any atom is -0.165 e. The molecule has 0 N–H and O–H groups in total. The van der Waals surface area contributed by atoms with Crippen LogP contribution < -0.4 is 0 Å². The maximum absolute atomic E-state index is 2.30. The van der Waals surface area contributed by atoms with Gasteiger partial charge in [0.15, 0.2) is 0 Å². The second kappa shape index (κ2) is 6.97. The zero-order valence-electron chi connectivity index (χ0n) is 10.2. The lowest BCUT2D eigenvalue weighted by Gasteiger charge is -2.03. The molecule has 0 aliphatic heterocycles. The topological polar surface area (TPSA) is 0 Å². The van der Waals surface area contributed by atoms with Gasteiger partial charge in [-0.25, -0.2) is 0 Å². The quantitative estimate of drug-likeness (QED) is 0.526. The lowest BCUT2D eigenvalue weighted by Crippen LogP contribution is -1.83. The third-order valence-electron chi connectivity index (χ3n) is 2.73. The van der Waals surface area contributed by atoms with Crippen LogP contribution in [0.3, 0.4) is 0 Å². The van der Waals surface area contributed by atoms with Gasteiger partial charge in [-0.1, -0.05) is 30.3 Å². The summed E-state index contributed by atoms with van der Waals surface area (Å²) in [6.07, 6.45) is 4.83. The predicted octanol–water partition coefficient (Wildman–Crippen LogP) is 5.08. The molecule has 0 atom stereocenters. The number of hydrogen-bond acceptors (Lipinski definition) is 2. The first-order valence-corrected chi connectivity index (χ1v) is 8.38. The van der Waals surface area contributed by atoms with Crippen molar-refractivity contribution in [3.8, 4) is 0 Å². The molecule has 90 valence electrons. The highest BCUT2D eigenvalue weighted by molar-refractivity contribution is 7.99. The SMILES string of the molecule is CSCCCCSc1ccc2ccccc2c1. The number of rotatable bonds is 6. The summed E-state index contributed by atoms with van der Waals surface area (Å²) in [5.74, 6) is 2.52. The molecule has 2 aromatic carbocycles. The van der Waals surface area contributed by atoms with Gasteiger partial charge < -0.3 is 0 Å². The van der Waals surface area contributed by atoms with Crippen molar-refractivity contribution in [3.63, 3.8) is 0 Å². The molecule has 17 heavy (non-hydrogen) atoms. The standard InChI is InChI=1S/C15H18S2/c1-16-10-4-5-11-17-15-9-8-13-6-2-3-7-14(13)12-15/h2-3,6-9,12H,4-5,10-11H2,1H3. The summed E-state index contributed by atoms with van der Waals surface area (Å²) in [5.41, 5.74) is 0. The van der Waals surface area contributed by atoms with Gasteiger partial charge in [0.25, 0.3) is 0 Å². The molecule has 0 aliphatic carbocycles. The van der Waals surface area contributed by atoms with Gasteiger partial charge in [0.2, 0.25) is 0 Å². The van der Waals surface area contributed by atoms with E-state index in [9.17, 15) is 0 Å². The minimum atomic E-state index is 1.24. The van der Waals surface area contributed by atoms with E-state index in [1.165, 1.54) is 40.0 Å². The molecule has 0 radical (unpaired) electrons. The molecular weight excluding hydrogens is 244 g/mol. The van der Waals surface area contributed by atoms with Crippen LogP contribution in [-0.4, -0.2) is 17.8 Å². The van der Waals surface area contributed by atoms with Crippen LogP contribution in [0.15, 0.2) is 47.4 Å². The van der Waals surface area contributed by atoms with Crippen LogP contribution in [0.2, 0.25) is 0 Å². The molecule has 0 nitrogen and oxygen atoms in total. The van der Waals surface area contributed by atoms with E-state index in [-0.39, 0.29) is 0 Å². The van der Waals surface area contributed by atoms with Crippen molar-refractivity contribution in [1.82, 2.24) is 0 Å². The van der Waals surface area contributed by atoms with Gasteiger partial charge in [-0.15, -0.1) is 11.8 Å². The molecule has 2 heteroatoms. The summed E-state index contributed by atoms with van der Waals surface area (Å²) in [4.78, 5) is 1.40. The first-order valence-electron chi connectivity index (χ1n) is 6.01. The van der Waals surface area contributed by atoms with E-state index in [2.05, 4.69) is 48.7 Å². The van der Waals surface area contributed by atoms with Crippen molar-refractivity contribution in [3.05, 3.63) is 42.5 Å². The Kier molecular flexibility index (Phi) is 5.27. The van der Waals surface area contributed by atoms with Crippen molar-refractivity contribution in [1.29, 1.82) is 0 Å². The van der Waals surface area contributed by atoms with Gasteiger partial charge in [-0.05, 0) is 53.5 Å². The highest BCUT2D eigenvalue weighted by atomic mass is 32.2. The van der Waals surface area contributed by atoms with Crippen LogP contribution in [0.1, 0.15) is 12.8 Å². The second-order valence-corrected chi connectivity index (χ2v) is 6.21. The van der Waals surface area contributed by atoms with Gasteiger partial charge in [-0.3, -0.25) is 0 Å². The molecular formula is C15H18S2. The molecule has 0 heterocycles. The third kappa shape index (κ3) is 3.97. The summed E-state index contributed by atoms with van der Waals surface area (Å²) in [5, 5.41) is 2.68. The number of unbranched alkanes of at least 4 members (excludes halogenated alkanes) is 1. The highest BCUT2D eigenvalue weighted by Gasteiger charge is 1.97. The van der Waals surface area contributed by atoms with E-state index in [1.54, 1.807) is 0 Å². The maximum atomic E-state index is 2.30. The van der Waals surface area contributed by atoms with Crippen molar-refractivity contribution in [2.75, 3.05) is 17.8 Å². The van der Waals surface area contributed by atoms with E-state index < -0.39 is 0 Å². The molecule has 0 aromatic heterocycles. The molecule has 0 unspecified atom stereocenters. The van der Waals surface area contributed by atoms with Gasteiger partial charge in [0.1, 0.15) is 0 Å². The van der Waals surface area contributed by atoms with Crippen LogP contribution in [0, 0.1) is 0 Å². The number of hydrogen-bond donors (Lipinski definition) is 0. The fraction of sp³-hybridized carbons (Fsp3) is 0.333. The minimum absolute atomic E-state index is 1.24. The zero-order valence-corrected chi connectivity index (χ0v) is 11.8. The van der Waals surface area contributed by atoms with E-state index in [4.69, 9.17) is 0 Å². The van der Waals surface area contributed by atoms with Crippen molar-refractivity contribution < 1.29 is 0 Å². The average Bonchev–Trinajstić information content (AvgIpc) is 2.38. The van der Waals surface area contributed by atoms with Crippen molar-refractivity contribution in [2.24, 2.45) is 0 Å². The van der Waals surface area contributed by atoms with Crippen LogP contribution in [-0.2, 0) is 0 Å². The molecule has 0 spiro atoms. The fourth-order valence-electron chi connectivity index (χ4n) is 1.80. The Morgan fingerprint density at radius 3 is 2.47 bits per heavy atom. The number of fused-ring (bicyclic) bond motifs is 1. The highest BCUT2D eigenvalue weighted by Crippen LogP contribution is 2.24. The van der Waals surface area contributed by atoms with E-state index in [1.807, 2.05) is 23.5 Å². The molecule has 0 aliphatic rings. The molecule has 0 bridgehead atoms. The Hall–Kier alpha value is -0.600. The Morgan fingerprint density at radius 1 is 0.882 bits per heavy atom. The summed E-state index contributed by atoms with van der Waals surface area (Å²) in [6.45, 7) is 0. The summed E-state index contributed by atoms with van der Waals surface area (Å²) in [6, 6.07) is 15.3. The lowest BCUT2D eigenvalue weighted by molar-refractivity contribution is 0.908. The van der Waals surface area contributed by atoms with Crippen molar-refractivity contribution >= 4 is 34.3 Å². The molecule has 2 rings (SSSR count). The largest absolute Gasteiger partial charge is 0.165 e. The van der Waals surface area contributed by atoms with Crippen molar-refractivity contribution in [2.45, 2.75) is 17.7 Å². The maximum Gasteiger partial charge on any atom is 0.00783 e. The molecule has 2 aromatic rings. The fourth-order valence-corrected chi connectivity index (χ4v) is 3.25. The molecule has 0 saturated carbocycles. The average molecular weight is 262 g/mol. The van der Waals surface area contributed by atoms with Gasteiger partial charge in [-0.2, -0.15) is 11.8 Å². The van der Waals surface area contributed by atoms with Crippen LogP contribution in [0.5, 0.6) is 0 Å². The van der Waals surface area contributed by atoms with Crippen LogP contribution in [0.4, 0.5) is 0 Å². The van der Waals surface area contributed by atoms with E-state index >= 15 is 0 Å². The molecule has 0 fully saturated rings. The lowest BCUT2D eigenvalue weighted by atomic mass is 10.1. The first-order chi connectivity index (χ1) is 8.40. The number of thioether (sulfide) groups is 2. The van der Waals surface area contributed by atoms with Crippen LogP contribution in [0.25, 0.3) is 10.8 Å². The molecule has 0 amide bonds. The first kappa shape index (κ1) is 12.8. The summed E-state index contributed by atoms with van der Waals surface area (Å²) < 4.78 is 0. The monoisotopic (exact) mass is 262 g/mol. The predicted molar refractivity (Wildman–Crippen MR) is 82.3 cm³/mol. The van der Waals surface area contributed by atoms with Crippen LogP contribution >= 0.6 is 23.5 Å². The summed E-state index contributed by atoms with van der Waals surface area (Å²) in [7, 11) is 0. The normalized spacial score (nSPS) is 10.9. The Balaban J connectivity index is 1.90. The summed E-state index contributed by atoms with van der Waals surface area (Å²) >= 11 is 3.92. The molecule has 0 saturated heterocycles. The van der Waals surface area contributed by atoms with Gasteiger partial charge >= 0.3 is 0 Å².